The number of piperidine rings is 1. The molecule has 1 fully saturated rings. The molecule has 114 valence electrons. The summed E-state index contributed by atoms with van der Waals surface area (Å²) in [4.78, 5) is 2.09. The molecule has 1 aliphatic heterocycles. The molecule has 1 aromatic heterocycles. The minimum absolute atomic E-state index is 0.0756. The number of rotatable bonds is 7. The van der Waals surface area contributed by atoms with Crippen molar-refractivity contribution in [1.82, 2.24) is 15.5 Å². The number of nitrogens with one attached hydrogen (secondary N) is 1. The van der Waals surface area contributed by atoms with E-state index in [1.807, 2.05) is 13.8 Å². The van der Waals surface area contributed by atoms with Crippen LogP contribution < -0.4 is 10.2 Å². The molecular formula is C13H24N4O3. The summed E-state index contributed by atoms with van der Waals surface area (Å²) in [5, 5.41) is 20.2. The number of hydrogen-bond acceptors (Lipinski definition) is 7. The second-order valence-electron chi connectivity index (χ2n) is 4.98. The van der Waals surface area contributed by atoms with E-state index < -0.39 is 0 Å². The van der Waals surface area contributed by atoms with Crippen molar-refractivity contribution in [3.05, 3.63) is 5.89 Å². The molecule has 2 N–H and O–H groups in total. The first kappa shape index (κ1) is 15.2. The zero-order chi connectivity index (χ0) is 14.4. The summed E-state index contributed by atoms with van der Waals surface area (Å²) in [6.45, 7) is 7.10. The van der Waals surface area contributed by atoms with Gasteiger partial charge in [-0.1, -0.05) is 12.0 Å². The monoisotopic (exact) mass is 284 g/mol. The molecule has 1 aromatic rings. The van der Waals surface area contributed by atoms with Crippen molar-refractivity contribution in [3.8, 4) is 0 Å². The van der Waals surface area contributed by atoms with E-state index in [-0.39, 0.29) is 18.8 Å². The van der Waals surface area contributed by atoms with Crippen LogP contribution in [-0.2, 0) is 4.74 Å². The molecule has 1 saturated heterocycles. The van der Waals surface area contributed by atoms with Gasteiger partial charge in [0.05, 0.1) is 25.4 Å². The first-order valence-electron chi connectivity index (χ1n) is 7.28. The summed E-state index contributed by atoms with van der Waals surface area (Å²) in [7, 11) is 0. The van der Waals surface area contributed by atoms with Crippen LogP contribution in [0.25, 0.3) is 0 Å². The summed E-state index contributed by atoms with van der Waals surface area (Å²) < 4.78 is 11.3. The lowest BCUT2D eigenvalue weighted by Gasteiger charge is -2.30. The number of nitrogens with zero attached hydrogens (tertiary/aromatic N) is 3. The third kappa shape index (κ3) is 3.91. The summed E-state index contributed by atoms with van der Waals surface area (Å²) in [5.41, 5.74) is 0. The third-order valence-electron chi connectivity index (χ3n) is 3.47. The SMILES string of the molecule is CCNC(C)c1nnc(N2CCC(OCCO)CC2)o1. The van der Waals surface area contributed by atoms with Crippen molar-refractivity contribution in [2.75, 3.05) is 37.7 Å². The topological polar surface area (TPSA) is 83.7 Å². The van der Waals surface area contributed by atoms with Gasteiger partial charge in [0.2, 0.25) is 5.89 Å². The van der Waals surface area contributed by atoms with Gasteiger partial charge >= 0.3 is 6.01 Å². The van der Waals surface area contributed by atoms with Gasteiger partial charge < -0.3 is 24.5 Å². The van der Waals surface area contributed by atoms with E-state index in [2.05, 4.69) is 20.4 Å². The Bertz CT molecular complexity index is 391. The molecule has 1 unspecified atom stereocenters. The van der Waals surface area contributed by atoms with E-state index in [1.54, 1.807) is 0 Å². The molecule has 0 bridgehead atoms. The largest absolute Gasteiger partial charge is 0.406 e. The highest BCUT2D eigenvalue weighted by atomic mass is 16.5. The summed E-state index contributed by atoms with van der Waals surface area (Å²) in [6.07, 6.45) is 2.06. The molecule has 7 nitrogen and oxygen atoms in total. The Balaban J connectivity index is 1.84. The molecule has 20 heavy (non-hydrogen) atoms. The van der Waals surface area contributed by atoms with Crippen molar-refractivity contribution < 1.29 is 14.3 Å². The number of aromatic nitrogens is 2. The Labute approximate surface area is 119 Å². The molecule has 0 aliphatic carbocycles. The molecule has 1 atom stereocenters. The van der Waals surface area contributed by atoms with Crippen LogP contribution in [0.4, 0.5) is 6.01 Å². The van der Waals surface area contributed by atoms with Crippen molar-refractivity contribution in [3.63, 3.8) is 0 Å². The summed E-state index contributed by atoms with van der Waals surface area (Å²) in [6, 6.07) is 0.664. The second-order valence-corrected chi connectivity index (χ2v) is 4.98. The maximum Gasteiger partial charge on any atom is 0.318 e. The molecule has 0 spiro atoms. The number of aliphatic hydroxyl groups is 1. The lowest BCUT2D eigenvalue weighted by atomic mass is 10.1. The van der Waals surface area contributed by atoms with E-state index in [9.17, 15) is 0 Å². The average molecular weight is 284 g/mol. The molecule has 0 amide bonds. The molecular weight excluding hydrogens is 260 g/mol. The molecule has 7 heteroatoms. The van der Waals surface area contributed by atoms with Gasteiger partial charge in [-0.3, -0.25) is 0 Å². The van der Waals surface area contributed by atoms with E-state index in [0.717, 1.165) is 32.5 Å². The standard InChI is InChI=1S/C13H24N4O3/c1-3-14-10(2)12-15-16-13(20-12)17-6-4-11(5-7-17)19-9-8-18/h10-11,14,18H,3-9H2,1-2H3. The Hall–Kier alpha value is -1.18. The Morgan fingerprint density at radius 2 is 2.20 bits per heavy atom. The van der Waals surface area contributed by atoms with Crippen molar-refractivity contribution in [2.45, 2.75) is 38.8 Å². The first-order valence-corrected chi connectivity index (χ1v) is 7.28. The van der Waals surface area contributed by atoms with Crippen LogP contribution in [0.2, 0.25) is 0 Å². The number of hydrogen-bond donors (Lipinski definition) is 2. The van der Waals surface area contributed by atoms with Gasteiger partial charge in [-0.2, -0.15) is 0 Å². The number of ether oxygens (including phenoxy) is 1. The van der Waals surface area contributed by atoms with Crippen LogP contribution in [-0.4, -0.2) is 54.3 Å². The molecule has 1 aliphatic rings. The van der Waals surface area contributed by atoms with E-state index in [1.165, 1.54) is 0 Å². The van der Waals surface area contributed by atoms with Crippen LogP contribution in [0.3, 0.4) is 0 Å². The smallest absolute Gasteiger partial charge is 0.318 e. The van der Waals surface area contributed by atoms with Gasteiger partial charge in [-0.05, 0) is 26.3 Å². The number of anilines is 1. The Kier molecular flexibility index (Phi) is 5.75. The van der Waals surface area contributed by atoms with Crippen LogP contribution in [0.15, 0.2) is 4.42 Å². The molecule has 0 radical (unpaired) electrons. The zero-order valence-electron chi connectivity index (χ0n) is 12.2. The van der Waals surface area contributed by atoms with Gasteiger partial charge in [0, 0.05) is 13.1 Å². The van der Waals surface area contributed by atoms with Gasteiger partial charge in [0.1, 0.15) is 0 Å². The lowest BCUT2D eigenvalue weighted by Crippen LogP contribution is -2.37. The fraction of sp³-hybridized carbons (Fsp3) is 0.846. The minimum atomic E-state index is 0.0756. The van der Waals surface area contributed by atoms with Crippen LogP contribution >= 0.6 is 0 Å². The fourth-order valence-electron chi connectivity index (χ4n) is 2.36. The minimum Gasteiger partial charge on any atom is -0.406 e. The van der Waals surface area contributed by atoms with Gasteiger partial charge in [0.25, 0.3) is 0 Å². The van der Waals surface area contributed by atoms with Gasteiger partial charge in [0.15, 0.2) is 0 Å². The van der Waals surface area contributed by atoms with E-state index >= 15 is 0 Å². The fourth-order valence-corrected chi connectivity index (χ4v) is 2.36. The first-order chi connectivity index (χ1) is 9.74. The summed E-state index contributed by atoms with van der Waals surface area (Å²) in [5.74, 6) is 0.625. The number of aliphatic hydroxyl groups excluding tert-OH is 1. The van der Waals surface area contributed by atoms with E-state index in [4.69, 9.17) is 14.3 Å². The second kappa shape index (κ2) is 7.56. The summed E-state index contributed by atoms with van der Waals surface area (Å²) >= 11 is 0. The molecule has 2 rings (SSSR count). The maximum absolute atomic E-state index is 8.75. The van der Waals surface area contributed by atoms with Crippen LogP contribution in [0.1, 0.15) is 38.6 Å². The van der Waals surface area contributed by atoms with Crippen LogP contribution in [0.5, 0.6) is 0 Å². The third-order valence-corrected chi connectivity index (χ3v) is 3.47. The van der Waals surface area contributed by atoms with E-state index in [0.29, 0.717) is 18.5 Å². The average Bonchev–Trinajstić information content (AvgIpc) is 2.96. The predicted molar refractivity (Wildman–Crippen MR) is 74.7 cm³/mol. The van der Waals surface area contributed by atoms with Crippen molar-refractivity contribution in [1.29, 1.82) is 0 Å². The highest BCUT2D eigenvalue weighted by molar-refractivity contribution is 5.25. The lowest BCUT2D eigenvalue weighted by molar-refractivity contribution is 0.0154. The van der Waals surface area contributed by atoms with Crippen molar-refractivity contribution >= 4 is 6.01 Å². The molecule has 2 heterocycles. The molecule has 0 saturated carbocycles. The highest BCUT2D eigenvalue weighted by Crippen LogP contribution is 2.22. The predicted octanol–water partition coefficient (Wildman–Crippen LogP) is 0.718. The Morgan fingerprint density at radius 1 is 1.45 bits per heavy atom. The van der Waals surface area contributed by atoms with Crippen molar-refractivity contribution in [2.24, 2.45) is 0 Å². The Morgan fingerprint density at radius 3 is 2.85 bits per heavy atom. The zero-order valence-corrected chi connectivity index (χ0v) is 12.2. The highest BCUT2D eigenvalue weighted by Gasteiger charge is 2.24. The normalized spacial score (nSPS) is 18.4. The van der Waals surface area contributed by atoms with Crippen LogP contribution in [0, 0.1) is 0 Å². The van der Waals surface area contributed by atoms with Gasteiger partial charge in [-0.25, -0.2) is 0 Å². The van der Waals surface area contributed by atoms with Gasteiger partial charge in [-0.15, -0.1) is 5.10 Å². The maximum atomic E-state index is 8.75. The quantitative estimate of drug-likeness (QED) is 0.763. The molecule has 0 aromatic carbocycles.